The summed E-state index contributed by atoms with van der Waals surface area (Å²) in [5, 5.41) is 15.7. The molecule has 2 atom stereocenters. The van der Waals surface area contributed by atoms with Crippen LogP contribution in [-0.2, 0) is 6.42 Å². The minimum atomic E-state index is -0.452. The van der Waals surface area contributed by atoms with Crippen LogP contribution in [0.25, 0.3) is 92.9 Å². The fourth-order valence-corrected chi connectivity index (χ4v) is 12.0. The number of hydrogen-bond donors (Lipinski definition) is 1. The molecule has 2 unspecified atom stereocenters. The second-order valence-corrected chi connectivity index (χ2v) is 19.2. The van der Waals surface area contributed by atoms with Crippen molar-refractivity contribution in [2.24, 2.45) is 9.98 Å². The molecule has 334 valence electrons. The maximum absolute atomic E-state index is 6.93. The highest BCUT2D eigenvalue weighted by atomic mass is 16.3. The van der Waals surface area contributed by atoms with Gasteiger partial charge >= 0.3 is 0 Å². The molecule has 0 amide bonds. The molecule has 13 aromatic rings. The fraction of sp³-hybridized carbons (Fsp3) is 0.0606. The van der Waals surface area contributed by atoms with Gasteiger partial charge < -0.3 is 14.3 Å². The van der Waals surface area contributed by atoms with E-state index in [0.717, 1.165) is 90.2 Å². The maximum Gasteiger partial charge on any atom is 0.160 e. The van der Waals surface area contributed by atoms with E-state index in [-0.39, 0.29) is 5.92 Å². The van der Waals surface area contributed by atoms with Gasteiger partial charge in [-0.2, -0.15) is 0 Å². The van der Waals surface area contributed by atoms with Crippen LogP contribution >= 0.6 is 0 Å². The SMILES string of the molecule is c1ccc(-n2c3ccccc3c3c(C4=NC(c5cccc6ccccc56)NC(c5cc(C6CCc7cc8ccccc8cc7-c7cc8ccccc8cc76)cc6oc7ccccc7c56)=N4)cccc32)cc1. The Morgan fingerprint density at radius 3 is 1.93 bits per heavy atom. The van der Waals surface area contributed by atoms with Gasteiger partial charge in [-0.15, -0.1) is 0 Å². The molecule has 3 heterocycles. The van der Waals surface area contributed by atoms with E-state index in [2.05, 4.69) is 234 Å². The van der Waals surface area contributed by atoms with Crippen LogP contribution in [0.2, 0.25) is 0 Å². The Kier molecular flexibility index (Phi) is 8.84. The quantitative estimate of drug-likeness (QED) is 0.187. The van der Waals surface area contributed by atoms with Crippen molar-refractivity contribution in [3.05, 3.63) is 258 Å². The Hall–Kier alpha value is -9.06. The third-order valence-electron chi connectivity index (χ3n) is 15.2. The van der Waals surface area contributed by atoms with Gasteiger partial charge in [-0.05, 0) is 134 Å². The summed E-state index contributed by atoms with van der Waals surface area (Å²) in [7, 11) is 0. The largest absolute Gasteiger partial charge is 0.456 e. The number of aliphatic imine (C=N–C) groups is 2. The van der Waals surface area contributed by atoms with Crippen molar-refractivity contribution in [2.45, 2.75) is 24.9 Å². The molecule has 11 aromatic carbocycles. The Labute approximate surface area is 409 Å². The molecule has 0 bridgehead atoms. The van der Waals surface area contributed by atoms with E-state index >= 15 is 0 Å². The van der Waals surface area contributed by atoms with Crippen LogP contribution in [0.4, 0.5) is 0 Å². The summed E-state index contributed by atoms with van der Waals surface area (Å²) in [5.41, 5.74) is 14.6. The summed E-state index contributed by atoms with van der Waals surface area (Å²) in [4.78, 5) is 11.3. The van der Waals surface area contributed by atoms with Gasteiger partial charge in [0, 0.05) is 49.8 Å². The van der Waals surface area contributed by atoms with Gasteiger partial charge in [0.2, 0.25) is 0 Å². The second kappa shape index (κ2) is 15.7. The van der Waals surface area contributed by atoms with Crippen LogP contribution in [0.15, 0.2) is 239 Å². The van der Waals surface area contributed by atoms with Gasteiger partial charge in [-0.25, -0.2) is 9.98 Å². The van der Waals surface area contributed by atoms with E-state index in [1.807, 2.05) is 0 Å². The van der Waals surface area contributed by atoms with Crippen molar-refractivity contribution < 1.29 is 4.42 Å². The average molecular weight is 909 g/mol. The number of aromatic nitrogens is 1. The molecule has 71 heavy (non-hydrogen) atoms. The molecule has 0 radical (unpaired) electrons. The van der Waals surface area contributed by atoms with Crippen LogP contribution in [0, 0.1) is 0 Å². The van der Waals surface area contributed by atoms with Crippen LogP contribution in [-0.4, -0.2) is 16.2 Å². The van der Waals surface area contributed by atoms with Crippen LogP contribution in [0.1, 0.15) is 51.9 Å². The Bertz CT molecular complexity index is 4400. The lowest BCUT2D eigenvalue weighted by molar-refractivity contribution is 0.664. The summed E-state index contributed by atoms with van der Waals surface area (Å²) in [5.74, 6) is 1.50. The van der Waals surface area contributed by atoms with E-state index in [0.29, 0.717) is 5.84 Å². The zero-order valence-corrected chi connectivity index (χ0v) is 38.7. The molecule has 2 aromatic heterocycles. The highest BCUT2D eigenvalue weighted by Gasteiger charge is 2.31. The van der Waals surface area contributed by atoms with Gasteiger partial charge in [0.25, 0.3) is 0 Å². The number of para-hydroxylation sites is 3. The smallest absolute Gasteiger partial charge is 0.160 e. The molecule has 5 heteroatoms. The van der Waals surface area contributed by atoms with Crippen molar-refractivity contribution in [1.29, 1.82) is 0 Å². The Morgan fingerprint density at radius 2 is 1.10 bits per heavy atom. The predicted octanol–water partition coefficient (Wildman–Crippen LogP) is 16.4. The predicted molar refractivity (Wildman–Crippen MR) is 294 cm³/mol. The van der Waals surface area contributed by atoms with E-state index in [9.17, 15) is 0 Å². The van der Waals surface area contributed by atoms with Crippen LogP contribution in [0.3, 0.4) is 0 Å². The van der Waals surface area contributed by atoms with Gasteiger partial charge in [0.1, 0.15) is 23.2 Å². The highest BCUT2D eigenvalue weighted by molar-refractivity contribution is 6.26. The lowest BCUT2D eigenvalue weighted by Crippen LogP contribution is -2.34. The molecule has 2 aliphatic rings. The van der Waals surface area contributed by atoms with Crippen LogP contribution < -0.4 is 5.32 Å². The van der Waals surface area contributed by atoms with Crippen LogP contribution in [0.5, 0.6) is 0 Å². The third-order valence-corrected chi connectivity index (χ3v) is 15.2. The molecule has 0 saturated heterocycles. The number of rotatable bonds is 5. The molecule has 1 aliphatic heterocycles. The molecule has 1 aliphatic carbocycles. The molecule has 15 rings (SSSR count). The van der Waals surface area contributed by atoms with Crippen molar-refractivity contribution in [3.63, 3.8) is 0 Å². The normalized spacial score (nSPS) is 15.8. The summed E-state index contributed by atoms with van der Waals surface area (Å²) >= 11 is 0. The van der Waals surface area contributed by atoms with E-state index in [1.54, 1.807) is 0 Å². The minimum absolute atomic E-state index is 0.0607. The second-order valence-electron chi connectivity index (χ2n) is 19.2. The number of nitrogens with one attached hydrogen (secondary N) is 1. The van der Waals surface area contributed by atoms with Gasteiger partial charge in [0.15, 0.2) is 5.84 Å². The van der Waals surface area contributed by atoms with Gasteiger partial charge in [-0.1, -0.05) is 164 Å². The van der Waals surface area contributed by atoms with Gasteiger partial charge in [0.05, 0.1) is 11.0 Å². The first-order chi connectivity index (χ1) is 35.2. The topological polar surface area (TPSA) is 54.8 Å². The van der Waals surface area contributed by atoms with E-state index in [1.165, 1.54) is 54.7 Å². The highest BCUT2D eigenvalue weighted by Crippen LogP contribution is 2.47. The Morgan fingerprint density at radius 1 is 0.451 bits per heavy atom. The molecule has 5 nitrogen and oxygen atoms in total. The molecule has 1 N–H and O–H groups in total. The summed E-state index contributed by atoms with van der Waals surface area (Å²) < 4.78 is 9.30. The van der Waals surface area contributed by atoms with Crippen molar-refractivity contribution in [2.75, 3.05) is 0 Å². The minimum Gasteiger partial charge on any atom is -0.456 e. The lowest BCUT2D eigenvalue weighted by atomic mass is 9.83. The Balaban J connectivity index is 0.985. The standard InChI is InChI=1S/C66H44N4O/c1-2-22-47(23-3-1)70-58-29-12-10-25-51(58)62-53(28-15-30-59(62)70)65-67-64(50-27-14-21-40-16-8-9-24-48(40)50)68-66(69-65)57-38-46(39-61-63(57)52-26-11-13-31-60(52)71-61)49-33-32-45-34-41-17-4-5-18-42(41)35-54(45)56-37-44-20-7-6-19-43(44)36-55(49)56/h1-31,34-39,49,64H,32-33H2,(H,67,68,69). The first-order valence-corrected chi connectivity index (χ1v) is 24.7. The zero-order chi connectivity index (χ0) is 46.6. The zero-order valence-electron chi connectivity index (χ0n) is 38.7. The molecule has 0 saturated carbocycles. The molecule has 0 fully saturated rings. The maximum atomic E-state index is 6.93. The number of benzene rings is 11. The van der Waals surface area contributed by atoms with Gasteiger partial charge in [-0.3, -0.25) is 0 Å². The van der Waals surface area contributed by atoms with Crippen molar-refractivity contribution >= 4 is 87.7 Å². The number of furan rings is 1. The lowest BCUT2D eigenvalue weighted by Gasteiger charge is -2.26. The first kappa shape index (κ1) is 39.9. The number of hydrogen-bond acceptors (Lipinski definition) is 4. The number of fused-ring (bicyclic) bond motifs is 12. The monoisotopic (exact) mass is 908 g/mol. The van der Waals surface area contributed by atoms with Crippen molar-refractivity contribution in [3.8, 4) is 16.8 Å². The number of amidine groups is 2. The summed E-state index contributed by atoms with van der Waals surface area (Å²) in [6, 6.07) is 81.5. The molecular formula is C66H44N4O. The van der Waals surface area contributed by atoms with Crippen molar-refractivity contribution in [1.82, 2.24) is 9.88 Å². The molecule has 0 spiro atoms. The number of aryl methyl sites for hydroxylation is 1. The average Bonchev–Trinajstić information content (AvgIpc) is 3.93. The number of nitrogens with zero attached hydrogens (tertiary/aromatic N) is 3. The first-order valence-electron chi connectivity index (χ1n) is 24.7. The summed E-state index contributed by atoms with van der Waals surface area (Å²) in [6.45, 7) is 0. The fourth-order valence-electron chi connectivity index (χ4n) is 12.0. The summed E-state index contributed by atoms with van der Waals surface area (Å²) in [6.07, 6.45) is 1.41. The third kappa shape index (κ3) is 6.33. The van der Waals surface area contributed by atoms with E-state index < -0.39 is 6.17 Å². The molecular weight excluding hydrogens is 865 g/mol. The van der Waals surface area contributed by atoms with E-state index in [4.69, 9.17) is 14.4 Å².